The zero-order chi connectivity index (χ0) is 40.7. The molecule has 0 saturated carbocycles. The molecule has 0 saturated heterocycles. The predicted molar refractivity (Wildman–Crippen MR) is 242 cm³/mol. The summed E-state index contributed by atoms with van der Waals surface area (Å²) in [6, 6.07) is 57.8. The SMILES string of the molecule is CC1(C)c2ccccc2-c2cc(N3c4ccccc4/C(=C4/c5ccccc5N(c5ccc6c(c5)-c5ccccc5C6(C)C)c5ccc(F)cc54)c4cc(F)ccc43)ccc21. The van der Waals surface area contributed by atoms with Crippen LogP contribution in [0.4, 0.5) is 42.9 Å². The Labute approximate surface area is 349 Å². The molecular formula is C56H40F2N2. The second kappa shape index (κ2) is 12.2. The van der Waals surface area contributed by atoms with Crippen LogP contribution >= 0.6 is 0 Å². The van der Waals surface area contributed by atoms with Gasteiger partial charge in [-0.15, -0.1) is 0 Å². The molecule has 0 bridgehead atoms. The van der Waals surface area contributed by atoms with E-state index in [4.69, 9.17) is 0 Å². The van der Waals surface area contributed by atoms with Crippen LogP contribution in [-0.4, -0.2) is 0 Å². The molecule has 288 valence electrons. The Kier molecular flexibility index (Phi) is 7.14. The lowest BCUT2D eigenvalue weighted by molar-refractivity contribution is 0.626. The maximum Gasteiger partial charge on any atom is 0.123 e. The van der Waals surface area contributed by atoms with Crippen LogP contribution in [0.2, 0.25) is 0 Å². The van der Waals surface area contributed by atoms with E-state index in [1.54, 1.807) is 24.3 Å². The minimum Gasteiger partial charge on any atom is -0.309 e. The Morgan fingerprint density at radius 1 is 0.317 bits per heavy atom. The first-order valence-electron chi connectivity index (χ1n) is 20.7. The van der Waals surface area contributed by atoms with Crippen LogP contribution in [-0.2, 0) is 10.8 Å². The molecule has 0 spiro atoms. The van der Waals surface area contributed by atoms with Crippen molar-refractivity contribution in [2.45, 2.75) is 38.5 Å². The van der Waals surface area contributed by atoms with E-state index in [1.807, 2.05) is 24.3 Å². The summed E-state index contributed by atoms with van der Waals surface area (Å²) in [4.78, 5) is 4.53. The Balaban J connectivity index is 1.10. The molecule has 0 radical (unpaired) electrons. The van der Waals surface area contributed by atoms with E-state index in [2.05, 4.69) is 159 Å². The number of halogens is 2. The van der Waals surface area contributed by atoms with Gasteiger partial charge in [-0.25, -0.2) is 8.78 Å². The van der Waals surface area contributed by atoms with Gasteiger partial charge in [0.15, 0.2) is 0 Å². The van der Waals surface area contributed by atoms with Gasteiger partial charge in [-0.2, -0.15) is 0 Å². The Hall–Kier alpha value is -7.04. The lowest BCUT2D eigenvalue weighted by Crippen LogP contribution is -2.22. The van der Waals surface area contributed by atoms with E-state index in [9.17, 15) is 0 Å². The number of anilines is 6. The number of hydrogen-bond acceptors (Lipinski definition) is 2. The van der Waals surface area contributed by atoms with Gasteiger partial charge >= 0.3 is 0 Å². The highest BCUT2D eigenvalue weighted by Gasteiger charge is 2.40. The minimum atomic E-state index is -0.331. The highest BCUT2D eigenvalue weighted by Crippen LogP contribution is 2.59. The fourth-order valence-corrected chi connectivity index (χ4v) is 10.9. The van der Waals surface area contributed by atoms with Gasteiger partial charge in [0.1, 0.15) is 11.6 Å². The summed E-state index contributed by atoms with van der Waals surface area (Å²) in [5.74, 6) is -0.662. The zero-order valence-corrected chi connectivity index (χ0v) is 33.8. The van der Waals surface area contributed by atoms with Crippen molar-refractivity contribution in [2.24, 2.45) is 0 Å². The van der Waals surface area contributed by atoms with Crippen LogP contribution < -0.4 is 9.80 Å². The first-order valence-corrected chi connectivity index (χ1v) is 20.7. The topological polar surface area (TPSA) is 6.48 Å². The first kappa shape index (κ1) is 35.0. The molecule has 8 aromatic rings. The van der Waals surface area contributed by atoms with E-state index in [0.717, 1.165) is 67.5 Å². The van der Waals surface area contributed by atoms with E-state index < -0.39 is 0 Å². The first-order chi connectivity index (χ1) is 29.1. The van der Waals surface area contributed by atoms with E-state index in [-0.39, 0.29) is 22.5 Å². The maximum absolute atomic E-state index is 15.9. The molecule has 12 rings (SSSR count). The number of hydrogen-bond donors (Lipinski definition) is 0. The number of para-hydroxylation sites is 2. The molecule has 0 fully saturated rings. The van der Waals surface area contributed by atoms with Crippen molar-refractivity contribution in [3.63, 3.8) is 0 Å². The van der Waals surface area contributed by atoms with Crippen LogP contribution in [0.5, 0.6) is 0 Å². The molecule has 0 unspecified atom stereocenters. The highest BCUT2D eigenvalue weighted by molar-refractivity contribution is 6.17. The summed E-state index contributed by atoms with van der Waals surface area (Å²) in [5, 5.41) is 0. The summed E-state index contributed by atoms with van der Waals surface area (Å²) in [7, 11) is 0. The van der Waals surface area contributed by atoms with Crippen molar-refractivity contribution in [1.29, 1.82) is 0 Å². The average Bonchev–Trinajstić information content (AvgIpc) is 3.63. The smallest absolute Gasteiger partial charge is 0.123 e. The third-order valence-corrected chi connectivity index (χ3v) is 13.7. The van der Waals surface area contributed by atoms with Gasteiger partial charge in [0.05, 0.1) is 22.7 Å². The maximum atomic E-state index is 15.9. The summed E-state index contributed by atoms with van der Waals surface area (Å²) in [6.07, 6.45) is 0. The van der Waals surface area contributed by atoms with Gasteiger partial charge in [0.2, 0.25) is 0 Å². The number of nitrogens with zero attached hydrogens (tertiary/aromatic N) is 2. The van der Waals surface area contributed by atoms with E-state index >= 15 is 8.78 Å². The van der Waals surface area contributed by atoms with Crippen molar-refractivity contribution in [1.82, 2.24) is 0 Å². The number of rotatable bonds is 2. The highest BCUT2D eigenvalue weighted by atomic mass is 19.1. The Bertz CT molecular complexity index is 2990. The van der Waals surface area contributed by atoms with Crippen LogP contribution in [0.15, 0.2) is 170 Å². The molecule has 2 heterocycles. The number of fused-ring (bicyclic) bond motifs is 10. The largest absolute Gasteiger partial charge is 0.309 e. The molecule has 2 aliphatic heterocycles. The zero-order valence-electron chi connectivity index (χ0n) is 33.8. The van der Waals surface area contributed by atoms with Gasteiger partial charge in [-0.1, -0.05) is 125 Å². The lowest BCUT2D eigenvalue weighted by atomic mass is 9.79. The monoisotopic (exact) mass is 778 g/mol. The molecule has 0 atom stereocenters. The summed E-state index contributed by atoms with van der Waals surface area (Å²) in [5.41, 5.74) is 20.6. The third-order valence-electron chi connectivity index (χ3n) is 13.7. The Morgan fingerprint density at radius 2 is 0.667 bits per heavy atom. The van der Waals surface area contributed by atoms with Gasteiger partial charge in [0.25, 0.3) is 0 Å². The molecule has 0 N–H and O–H groups in total. The van der Waals surface area contributed by atoms with Crippen molar-refractivity contribution < 1.29 is 8.78 Å². The van der Waals surface area contributed by atoms with Crippen LogP contribution in [0, 0.1) is 11.6 Å². The van der Waals surface area contributed by atoms with Crippen LogP contribution in [0.25, 0.3) is 33.4 Å². The molecular weight excluding hydrogens is 739 g/mol. The van der Waals surface area contributed by atoms with Crippen LogP contribution in [0.1, 0.15) is 72.2 Å². The second-order valence-corrected chi connectivity index (χ2v) is 17.6. The van der Waals surface area contributed by atoms with Crippen molar-refractivity contribution in [3.05, 3.63) is 226 Å². The fraction of sp³-hybridized carbons (Fsp3) is 0.107. The molecule has 60 heavy (non-hydrogen) atoms. The van der Waals surface area contributed by atoms with Crippen molar-refractivity contribution in [3.8, 4) is 22.3 Å². The van der Waals surface area contributed by atoms with E-state index in [0.29, 0.717) is 0 Å². The molecule has 2 nitrogen and oxygen atoms in total. The van der Waals surface area contributed by atoms with Crippen LogP contribution in [0.3, 0.4) is 0 Å². The average molecular weight is 779 g/mol. The molecule has 4 heteroatoms. The number of benzene rings is 8. The quantitative estimate of drug-likeness (QED) is 0.172. The predicted octanol–water partition coefficient (Wildman–Crippen LogP) is 15.2. The molecule has 8 aromatic carbocycles. The minimum absolute atomic E-state index is 0.130. The van der Waals surface area contributed by atoms with Gasteiger partial charge in [0, 0.05) is 55.6 Å². The van der Waals surface area contributed by atoms with Gasteiger partial charge < -0.3 is 9.80 Å². The molecule has 0 amide bonds. The molecule has 0 aromatic heterocycles. The van der Waals surface area contributed by atoms with Gasteiger partial charge in [-0.05, 0) is 117 Å². The summed E-state index contributed by atoms with van der Waals surface area (Å²) in [6.45, 7) is 9.16. The lowest BCUT2D eigenvalue weighted by Gasteiger charge is -2.39. The second-order valence-electron chi connectivity index (χ2n) is 17.6. The summed E-state index contributed by atoms with van der Waals surface area (Å²) < 4.78 is 31.7. The third kappa shape index (κ3) is 4.67. The fourth-order valence-electron chi connectivity index (χ4n) is 10.9. The summed E-state index contributed by atoms with van der Waals surface area (Å²) >= 11 is 0. The Morgan fingerprint density at radius 3 is 1.10 bits per heavy atom. The van der Waals surface area contributed by atoms with E-state index in [1.165, 1.54) is 44.5 Å². The molecule has 2 aliphatic carbocycles. The molecule has 4 aliphatic rings. The normalized spacial score (nSPS) is 16.8. The standard InChI is InChI=1S/C56H40F2N2/c1-55(2)45-17-9-5-13-37(45)41-31-35(23-25-47(41)55)59-49-19-11-7-15-39(49)53(43-29-33(57)21-27-51(43)59)54-40-16-8-12-20-50(40)60(52-28-22-34(58)30-44(52)54)36-24-26-48-42(32-36)38-14-6-10-18-46(38)56(48,3)4/h5-32H,1-4H3/b54-53+. The van der Waals surface area contributed by atoms with Crippen molar-refractivity contribution >= 4 is 45.3 Å². The van der Waals surface area contributed by atoms with Crippen molar-refractivity contribution in [2.75, 3.05) is 9.80 Å². The van der Waals surface area contributed by atoms with Gasteiger partial charge in [-0.3, -0.25) is 0 Å².